The highest BCUT2D eigenvalue weighted by Gasteiger charge is 2.36. The van der Waals surface area contributed by atoms with E-state index in [0.29, 0.717) is 34.9 Å². The van der Waals surface area contributed by atoms with E-state index in [4.69, 9.17) is 9.47 Å². The summed E-state index contributed by atoms with van der Waals surface area (Å²) in [6.07, 6.45) is 1.39. The Kier molecular flexibility index (Phi) is 6.68. The minimum Gasteiger partial charge on any atom is -0.490 e. The second-order valence-corrected chi connectivity index (χ2v) is 7.35. The van der Waals surface area contributed by atoms with Crippen LogP contribution in [0.25, 0.3) is 6.08 Å². The number of benzene rings is 3. The first-order valence-corrected chi connectivity index (χ1v) is 10.6. The van der Waals surface area contributed by atoms with E-state index in [1.807, 2.05) is 6.92 Å². The molecule has 1 saturated heterocycles. The van der Waals surface area contributed by atoms with Gasteiger partial charge in [-0.1, -0.05) is 36.4 Å². The number of hydrogen-bond donors (Lipinski definition) is 1. The number of nitrogens with zero attached hydrogens (tertiary/aromatic N) is 1. The third-order valence-corrected chi connectivity index (χ3v) is 4.98. The van der Waals surface area contributed by atoms with Crippen LogP contribution in [0.1, 0.15) is 18.1 Å². The van der Waals surface area contributed by atoms with Gasteiger partial charge in [-0.25, -0.2) is 14.1 Å². The van der Waals surface area contributed by atoms with Gasteiger partial charge < -0.3 is 9.47 Å². The molecule has 0 aliphatic carbocycles. The number of rotatable bonds is 7. The van der Waals surface area contributed by atoms with Gasteiger partial charge in [0.05, 0.1) is 12.3 Å². The lowest BCUT2D eigenvalue weighted by Gasteiger charge is -2.26. The molecule has 4 amide bonds. The van der Waals surface area contributed by atoms with Crippen molar-refractivity contribution in [3.8, 4) is 11.5 Å². The lowest BCUT2D eigenvalue weighted by atomic mass is 10.1. The molecule has 1 fully saturated rings. The highest BCUT2D eigenvalue weighted by Crippen LogP contribution is 2.31. The molecule has 172 valence electrons. The van der Waals surface area contributed by atoms with Crippen LogP contribution in [0.15, 0.2) is 78.4 Å². The third kappa shape index (κ3) is 4.96. The van der Waals surface area contributed by atoms with Crippen LogP contribution < -0.4 is 19.7 Å². The van der Waals surface area contributed by atoms with Crippen LogP contribution in [0.2, 0.25) is 0 Å². The number of carbonyl (C=O) groups is 3. The van der Waals surface area contributed by atoms with Crippen molar-refractivity contribution in [2.45, 2.75) is 13.5 Å². The molecule has 0 bridgehead atoms. The fourth-order valence-corrected chi connectivity index (χ4v) is 3.43. The monoisotopic (exact) mass is 460 g/mol. The van der Waals surface area contributed by atoms with Crippen molar-refractivity contribution >= 4 is 29.6 Å². The third-order valence-electron chi connectivity index (χ3n) is 4.98. The SMILES string of the molecule is CCOc1cc(/C=C2\C(=O)NC(=O)N(c3ccccc3)C2=O)ccc1OCc1cccc(F)c1. The number of anilines is 1. The Morgan fingerprint density at radius 2 is 1.71 bits per heavy atom. The molecule has 7 nitrogen and oxygen atoms in total. The van der Waals surface area contributed by atoms with Gasteiger partial charge in [-0.05, 0) is 60.5 Å². The number of hydrogen-bond acceptors (Lipinski definition) is 5. The second kappa shape index (κ2) is 9.99. The molecule has 0 aromatic heterocycles. The number of imide groups is 2. The normalized spacial score (nSPS) is 14.8. The van der Waals surface area contributed by atoms with Gasteiger partial charge in [0.25, 0.3) is 11.8 Å². The van der Waals surface area contributed by atoms with Crippen molar-refractivity contribution in [3.05, 3.63) is 95.3 Å². The summed E-state index contributed by atoms with van der Waals surface area (Å²) in [5.41, 5.74) is 1.31. The summed E-state index contributed by atoms with van der Waals surface area (Å²) in [6, 6.07) is 18.5. The molecule has 1 aliphatic heterocycles. The molecule has 8 heteroatoms. The molecule has 0 atom stereocenters. The van der Waals surface area contributed by atoms with E-state index in [2.05, 4.69) is 5.32 Å². The molecule has 1 N–H and O–H groups in total. The maximum absolute atomic E-state index is 13.4. The Balaban J connectivity index is 1.61. The summed E-state index contributed by atoms with van der Waals surface area (Å²) >= 11 is 0. The quantitative estimate of drug-likeness (QED) is 0.415. The van der Waals surface area contributed by atoms with E-state index in [-0.39, 0.29) is 18.0 Å². The average molecular weight is 460 g/mol. The highest BCUT2D eigenvalue weighted by atomic mass is 19.1. The van der Waals surface area contributed by atoms with E-state index in [1.54, 1.807) is 60.7 Å². The van der Waals surface area contributed by atoms with Crippen LogP contribution in [0.5, 0.6) is 11.5 Å². The number of ether oxygens (including phenoxy) is 2. The predicted octanol–water partition coefficient (Wildman–Crippen LogP) is 4.47. The van der Waals surface area contributed by atoms with Crippen LogP contribution in [-0.4, -0.2) is 24.5 Å². The number of amides is 4. The first-order chi connectivity index (χ1) is 16.5. The number of barbiturate groups is 1. The van der Waals surface area contributed by atoms with Gasteiger partial charge in [-0.2, -0.15) is 0 Å². The highest BCUT2D eigenvalue weighted by molar-refractivity contribution is 6.39. The van der Waals surface area contributed by atoms with Gasteiger partial charge in [-0.3, -0.25) is 14.9 Å². The number of nitrogens with one attached hydrogen (secondary N) is 1. The van der Waals surface area contributed by atoms with Gasteiger partial charge in [-0.15, -0.1) is 0 Å². The van der Waals surface area contributed by atoms with Crippen molar-refractivity contribution in [3.63, 3.8) is 0 Å². The standard InChI is InChI=1S/C26H21FN2O5/c1-2-33-23-15-17(11-12-22(23)34-16-18-7-6-8-19(27)13-18)14-21-24(30)28-26(32)29(25(21)31)20-9-4-3-5-10-20/h3-15H,2,16H2,1H3,(H,28,30,32)/b21-14+. The minimum atomic E-state index is -0.811. The average Bonchev–Trinajstić information content (AvgIpc) is 2.82. The van der Waals surface area contributed by atoms with E-state index in [9.17, 15) is 18.8 Å². The number of halogens is 1. The summed E-state index contributed by atoms with van der Waals surface area (Å²) in [5, 5.41) is 2.20. The van der Waals surface area contributed by atoms with Gasteiger partial charge >= 0.3 is 6.03 Å². The van der Waals surface area contributed by atoms with Crippen molar-refractivity contribution in [1.29, 1.82) is 0 Å². The maximum Gasteiger partial charge on any atom is 0.335 e. The zero-order chi connectivity index (χ0) is 24.1. The van der Waals surface area contributed by atoms with E-state index in [0.717, 1.165) is 4.90 Å². The van der Waals surface area contributed by atoms with Gasteiger partial charge in [0.15, 0.2) is 11.5 Å². The Morgan fingerprint density at radius 1 is 0.912 bits per heavy atom. The van der Waals surface area contributed by atoms with Crippen LogP contribution in [0.3, 0.4) is 0 Å². The van der Waals surface area contributed by atoms with Crippen molar-refractivity contribution in [1.82, 2.24) is 5.32 Å². The van der Waals surface area contributed by atoms with E-state index in [1.165, 1.54) is 18.2 Å². The molecule has 0 radical (unpaired) electrons. The molecule has 4 rings (SSSR count). The Bertz CT molecular complexity index is 1270. The van der Waals surface area contributed by atoms with Crippen LogP contribution in [0, 0.1) is 5.82 Å². The fraction of sp³-hybridized carbons (Fsp3) is 0.115. The van der Waals surface area contributed by atoms with Gasteiger partial charge in [0, 0.05) is 0 Å². The van der Waals surface area contributed by atoms with Crippen LogP contribution in [-0.2, 0) is 16.2 Å². The molecule has 3 aromatic carbocycles. The molecule has 1 heterocycles. The number of urea groups is 1. The molecule has 34 heavy (non-hydrogen) atoms. The fourth-order valence-electron chi connectivity index (χ4n) is 3.43. The van der Waals surface area contributed by atoms with E-state index < -0.39 is 17.8 Å². The first-order valence-electron chi connectivity index (χ1n) is 10.6. The molecule has 0 saturated carbocycles. The lowest BCUT2D eigenvalue weighted by Crippen LogP contribution is -2.54. The van der Waals surface area contributed by atoms with Crippen LogP contribution >= 0.6 is 0 Å². The molecule has 1 aliphatic rings. The van der Waals surface area contributed by atoms with E-state index >= 15 is 0 Å². The number of carbonyl (C=O) groups excluding carboxylic acids is 3. The Labute approximate surface area is 195 Å². The molecule has 0 spiro atoms. The lowest BCUT2D eigenvalue weighted by molar-refractivity contribution is -0.122. The minimum absolute atomic E-state index is 0.132. The molecular formula is C26H21FN2O5. The Hall–Kier alpha value is -4.46. The maximum atomic E-state index is 13.4. The number of para-hydroxylation sites is 1. The first kappa shape index (κ1) is 22.7. The largest absolute Gasteiger partial charge is 0.490 e. The van der Waals surface area contributed by atoms with Crippen molar-refractivity contribution in [2.24, 2.45) is 0 Å². The van der Waals surface area contributed by atoms with Gasteiger partial charge in [0.2, 0.25) is 0 Å². The summed E-state index contributed by atoms with van der Waals surface area (Å²) in [6.45, 7) is 2.29. The zero-order valence-corrected chi connectivity index (χ0v) is 18.3. The van der Waals surface area contributed by atoms with Crippen LogP contribution in [0.4, 0.5) is 14.9 Å². The summed E-state index contributed by atoms with van der Waals surface area (Å²) in [4.78, 5) is 38.6. The smallest absolute Gasteiger partial charge is 0.335 e. The molecular weight excluding hydrogens is 439 g/mol. The molecule has 0 unspecified atom stereocenters. The predicted molar refractivity (Wildman–Crippen MR) is 124 cm³/mol. The summed E-state index contributed by atoms with van der Waals surface area (Å²) in [7, 11) is 0. The summed E-state index contributed by atoms with van der Waals surface area (Å²) < 4.78 is 24.9. The second-order valence-electron chi connectivity index (χ2n) is 7.35. The topological polar surface area (TPSA) is 84.9 Å². The zero-order valence-electron chi connectivity index (χ0n) is 18.3. The van der Waals surface area contributed by atoms with Gasteiger partial charge in [0.1, 0.15) is 18.0 Å². The summed E-state index contributed by atoms with van der Waals surface area (Å²) in [5.74, 6) is -1.05. The van der Waals surface area contributed by atoms with Crippen molar-refractivity contribution in [2.75, 3.05) is 11.5 Å². The Morgan fingerprint density at radius 3 is 2.44 bits per heavy atom. The van der Waals surface area contributed by atoms with Crippen molar-refractivity contribution < 1.29 is 28.2 Å². The molecule has 3 aromatic rings.